The summed E-state index contributed by atoms with van der Waals surface area (Å²) in [7, 11) is 0. The number of amides is 1. The summed E-state index contributed by atoms with van der Waals surface area (Å²) >= 11 is 1.23. The van der Waals surface area contributed by atoms with E-state index in [1.807, 2.05) is 30.3 Å². The minimum Gasteiger partial charge on any atom is -0.454 e. The van der Waals surface area contributed by atoms with Crippen molar-refractivity contribution in [1.82, 2.24) is 14.9 Å². The second kappa shape index (κ2) is 7.58. The number of benzene rings is 2. The first kappa shape index (κ1) is 17.2. The number of thioether (sulfide) groups is 1. The van der Waals surface area contributed by atoms with Crippen molar-refractivity contribution in [3.8, 4) is 11.5 Å². The van der Waals surface area contributed by atoms with Gasteiger partial charge in [0.1, 0.15) is 0 Å². The highest BCUT2D eigenvalue weighted by Crippen LogP contribution is 2.34. The van der Waals surface area contributed by atoms with Crippen LogP contribution in [-0.4, -0.2) is 33.3 Å². The summed E-state index contributed by atoms with van der Waals surface area (Å²) in [5, 5.41) is 11.5. The Morgan fingerprint density at radius 3 is 2.81 bits per heavy atom. The summed E-state index contributed by atoms with van der Waals surface area (Å²) in [5.41, 5.74) is 1.73. The van der Waals surface area contributed by atoms with Gasteiger partial charge in [-0.3, -0.25) is 4.79 Å². The van der Waals surface area contributed by atoms with Crippen molar-refractivity contribution in [1.29, 1.82) is 0 Å². The van der Waals surface area contributed by atoms with Crippen LogP contribution in [0.4, 0.5) is 5.69 Å². The monoisotopic (exact) mass is 383 g/mol. The lowest BCUT2D eigenvalue weighted by atomic mass is 10.1. The van der Waals surface area contributed by atoms with Crippen LogP contribution in [0.3, 0.4) is 0 Å². The molecule has 4 rings (SSSR count). The minimum atomic E-state index is -0.175. The number of rotatable bonds is 6. The first-order chi connectivity index (χ1) is 13.2. The molecule has 0 fully saturated rings. The number of fused-ring (bicyclic) bond motifs is 1. The standard InChI is InChI=1S/C18H17N5O3S/c19-23-16(8-12-4-2-1-3-5-12)21-22-18(23)27-10-17(24)20-13-6-7-14-15(9-13)26-11-25-14/h1-7,9H,8,10-11,19H2,(H,20,24). The van der Waals surface area contributed by atoms with Crippen LogP contribution in [0.2, 0.25) is 0 Å². The zero-order valence-corrected chi connectivity index (χ0v) is 15.1. The van der Waals surface area contributed by atoms with Crippen LogP contribution >= 0.6 is 11.8 Å². The predicted molar refractivity (Wildman–Crippen MR) is 101 cm³/mol. The van der Waals surface area contributed by atoms with Crippen LogP contribution in [0.25, 0.3) is 0 Å². The van der Waals surface area contributed by atoms with E-state index in [9.17, 15) is 4.79 Å². The quantitative estimate of drug-likeness (QED) is 0.496. The molecule has 0 saturated carbocycles. The molecule has 1 aliphatic heterocycles. The van der Waals surface area contributed by atoms with E-state index in [1.54, 1.807) is 18.2 Å². The lowest BCUT2D eigenvalue weighted by Gasteiger charge is -2.06. The Kier molecular flexibility index (Phi) is 4.84. The summed E-state index contributed by atoms with van der Waals surface area (Å²) in [6, 6.07) is 15.1. The number of nitrogens with two attached hydrogens (primary N) is 1. The summed E-state index contributed by atoms with van der Waals surface area (Å²) in [4.78, 5) is 12.2. The molecule has 138 valence electrons. The number of anilines is 1. The minimum absolute atomic E-state index is 0.162. The third-order valence-corrected chi connectivity index (χ3v) is 4.87. The first-order valence-corrected chi connectivity index (χ1v) is 9.23. The Labute approximate surface area is 159 Å². The fraction of sp³-hybridized carbons (Fsp3) is 0.167. The van der Waals surface area contributed by atoms with E-state index in [1.165, 1.54) is 16.4 Å². The molecule has 1 aliphatic rings. The van der Waals surface area contributed by atoms with E-state index in [-0.39, 0.29) is 18.5 Å². The van der Waals surface area contributed by atoms with Gasteiger partial charge in [-0.1, -0.05) is 42.1 Å². The molecule has 0 unspecified atom stereocenters. The summed E-state index contributed by atoms with van der Waals surface area (Å²) in [5.74, 6) is 7.98. The van der Waals surface area contributed by atoms with Crippen LogP contribution < -0.4 is 20.6 Å². The van der Waals surface area contributed by atoms with Gasteiger partial charge >= 0.3 is 0 Å². The van der Waals surface area contributed by atoms with Crippen molar-refractivity contribution >= 4 is 23.4 Å². The summed E-state index contributed by atoms with van der Waals surface area (Å²) in [6.07, 6.45) is 0.578. The summed E-state index contributed by atoms with van der Waals surface area (Å²) in [6.45, 7) is 0.195. The summed E-state index contributed by atoms with van der Waals surface area (Å²) < 4.78 is 12.0. The van der Waals surface area contributed by atoms with E-state index < -0.39 is 0 Å². The molecule has 3 aromatic rings. The fourth-order valence-corrected chi connectivity index (χ4v) is 3.28. The lowest BCUT2D eigenvalue weighted by molar-refractivity contribution is -0.113. The van der Waals surface area contributed by atoms with E-state index >= 15 is 0 Å². The molecule has 8 nitrogen and oxygen atoms in total. The van der Waals surface area contributed by atoms with Crippen molar-refractivity contribution in [2.75, 3.05) is 23.7 Å². The highest BCUT2D eigenvalue weighted by atomic mass is 32.2. The van der Waals surface area contributed by atoms with Gasteiger partial charge in [0.2, 0.25) is 17.9 Å². The molecule has 1 aromatic heterocycles. The molecule has 0 atom stereocenters. The maximum atomic E-state index is 12.2. The third kappa shape index (κ3) is 3.98. The third-order valence-electron chi connectivity index (χ3n) is 3.93. The van der Waals surface area contributed by atoms with E-state index in [0.29, 0.717) is 34.6 Å². The second-order valence-electron chi connectivity index (χ2n) is 5.84. The number of nitrogens with zero attached hydrogens (tertiary/aromatic N) is 3. The van der Waals surface area contributed by atoms with Crippen molar-refractivity contribution in [2.24, 2.45) is 0 Å². The molecule has 3 N–H and O–H groups in total. The number of nitrogens with one attached hydrogen (secondary N) is 1. The molecular weight excluding hydrogens is 366 g/mol. The van der Waals surface area contributed by atoms with Crippen LogP contribution in [0.15, 0.2) is 53.7 Å². The predicted octanol–water partition coefficient (Wildman–Crippen LogP) is 2.04. The van der Waals surface area contributed by atoms with Crippen LogP contribution in [0.1, 0.15) is 11.4 Å². The average molecular weight is 383 g/mol. The number of ether oxygens (including phenoxy) is 2. The highest BCUT2D eigenvalue weighted by Gasteiger charge is 2.15. The molecule has 1 amide bonds. The molecule has 0 radical (unpaired) electrons. The topological polar surface area (TPSA) is 104 Å². The van der Waals surface area contributed by atoms with E-state index in [0.717, 1.165) is 5.56 Å². The van der Waals surface area contributed by atoms with Crippen molar-refractivity contribution in [3.63, 3.8) is 0 Å². The van der Waals surface area contributed by atoms with Crippen LogP contribution in [0, 0.1) is 0 Å². The maximum Gasteiger partial charge on any atom is 0.234 e. The Hall–Kier alpha value is -3.20. The van der Waals surface area contributed by atoms with Gasteiger partial charge in [0.05, 0.1) is 5.75 Å². The lowest BCUT2D eigenvalue weighted by Crippen LogP contribution is -2.17. The van der Waals surface area contributed by atoms with Crippen LogP contribution in [-0.2, 0) is 11.2 Å². The highest BCUT2D eigenvalue weighted by molar-refractivity contribution is 7.99. The molecule has 0 bridgehead atoms. The molecule has 2 aromatic carbocycles. The Morgan fingerprint density at radius 1 is 1.15 bits per heavy atom. The Bertz CT molecular complexity index is 961. The van der Waals surface area contributed by atoms with E-state index in [4.69, 9.17) is 15.3 Å². The number of aromatic nitrogens is 3. The molecule has 9 heteroatoms. The van der Waals surface area contributed by atoms with Crippen molar-refractivity contribution in [2.45, 2.75) is 11.6 Å². The Morgan fingerprint density at radius 2 is 1.96 bits per heavy atom. The Balaban J connectivity index is 1.34. The number of hydrogen-bond acceptors (Lipinski definition) is 7. The first-order valence-electron chi connectivity index (χ1n) is 8.24. The molecule has 0 spiro atoms. The zero-order valence-electron chi connectivity index (χ0n) is 14.3. The molecule has 0 aliphatic carbocycles. The van der Waals surface area contributed by atoms with Gasteiger partial charge < -0.3 is 20.6 Å². The largest absolute Gasteiger partial charge is 0.454 e. The zero-order chi connectivity index (χ0) is 18.6. The molecule has 27 heavy (non-hydrogen) atoms. The van der Waals surface area contributed by atoms with Gasteiger partial charge in [-0.15, -0.1) is 10.2 Å². The van der Waals surface area contributed by atoms with Crippen LogP contribution in [0.5, 0.6) is 11.5 Å². The molecule has 0 saturated heterocycles. The van der Waals surface area contributed by atoms with E-state index in [2.05, 4.69) is 15.5 Å². The van der Waals surface area contributed by atoms with Gasteiger partial charge in [-0.05, 0) is 17.7 Å². The van der Waals surface area contributed by atoms with Crippen molar-refractivity contribution < 1.29 is 14.3 Å². The molecule has 2 heterocycles. The fourth-order valence-electron chi connectivity index (χ4n) is 2.61. The van der Waals surface area contributed by atoms with Crippen molar-refractivity contribution in [3.05, 3.63) is 59.9 Å². The average Bonchev–Trinajstić information content (AvgIpc) is 3.28. The normalized spacial score (nSPS) is 12.1. The SMILES string of the molecule is Nn1c(Cc2ccccc2)nnc1SCC(=O)Nc1ccc2c(c1)OCO2. The number of hydrogen-bond donors (Lipinski definition) is 2. The van der Waals surface area contributed by atoms with Gasteiger partial charge in [0.15, 0.2) is 17.3 Å². The van der Waals surface area contributed by atoms with Gasteiger partial charge in [-0.25, -0.2) is 4.68 Å². The van der Waals surface area contributed by atoms with Gasteiger partial charge in [0, 0.05) is 18.2 Å². The second-order valence-corrected chi connectivity index (χ2v) is 6.78. The number of carbonyl (C=O) groups is 1. The maximum absolute atomic E-state index is 12.2. The molecular formula is C18H17N5O3S. The van der Waals surface area contributed by atoms with Gasteiger partial charge in [0.25, 0.3) is 0 Å². The van der Waals surface area contributed by atoms with Gasteiger partial charge in [-0.2, -0.15) is 0 Å². The number of carbonyl (C=O) groups excluding carboxylic acids is 1. The smallest absolute Gasteiger partial charge is 0.234 e. The number of nitrogen functional groups attached to an aromatic ring is 1.